The van der Waals surface area contributed by atoms with Crippen LogP contribution in [0.3, 0.4) is 0 Å². The average molecular weight is 267 g/mol. The first kappa shape index (κ1) is 12.6. The molecule has 3 N–H and O–H groups in total. The number of anilines is 2. The molecule has 3 rings (SSSR count). The molecule has 1 unspecified atom stereocenters. The summed E-state index contributed by atoms with van der Waals surface area (Å²) in [4.78, 5) is 4.40. The van der Waals surface area contributed by atoms with E-state index in [-0.39, 0.29) is 6.04 Å². The van der Waals surface area contributed by atoms with E-state index in [9.17, 15) is 0 Å². The number of aryl methyl sites for hydroxylation is 1. The SMILES string of the molecule is Cc1cc2c(Nc3ccccc3C(C)N)nccn2n1. The third-order valence-electron chi connectivity index (χ3n) is 3.22. The lowest BCUT2D eigenvalue weighted by Crippen LogP contribution is -2.08. The Balaban J connectivity index is 2.06. The van der Waals surface area contributed by atoms with Crippen molar-refractivity contribution in [2.24, 2.45) is 5.73 Å². The van der Waals surface area contributed by atoms with Gasteiger partial charge in [0.15, 0.2) is 5.82 Å². The third-order valence-corrected chi connectivity index (χ3v) is 3.22. The second-order valence-electron chi connectivity index (χ2n) is 4.89. The zero-order valence-corrected chi connectivity index (χ0v) is 11.5. The molecule has 3 aromatic rings. The van der Waals surface area contributed by atoms with E-state index in [1.54, 1.807) is 6.20 Å². The Bertz CT molecular complexity index is 745. The molecule has 0 fully saturated rings. The molecule has 0 spiro atoms. The number of nitrogens with two attached hydrogens (primary N) is 1. The van der Waals surface area contributed by atoms with Crippen LogP contribution in [0.1, 0.15) is 24.2 Å². The minimum Gasteiger partial charge on any atom is -0.338 e. The van der Waals surface area contributed by atoms with Crippen LogP contribution in [-0.4, -0.2) is 14.6 Å². The summed E-state index contributed by atoms with van der Waals surface area (Å²) < 4.78 is 1.82. The maximum Gasteiger partial charge on any atom is 0.156 e. The molecule has 0 aliphatic rings. The molecule has 2 aromatic heterocycles. The van der Waals surface area contributed by atoms with Crippen LogP contribution in [0.25, 0.3) is 5.52 Å². The second kappa shape index (κ2) is 4.94. The topological polar surface area (TPSA) is 68.2 Å². The van der Waals surface area contributed by atoms with Gasteiger partial charge in [0, 0.05) is 24.1 Å². The molecule has 2 heterocycles. The van der Waals surface area contributed by atoms with Gasteiger partial charge in [0.25, 0.3) is 0 Å². The average Bonchev–Trinajstić information content (AvgIpc) is 2.80. The normalized spacial score (nSPS) is 12.6. The lowest BCUT2D eigenvalue weighted by molar-refractivity contribution is 0.820. The van der Waals surface area contributed by atoms with Crippen molar-refractivity contribution in [3.63, 3.8) is 0 Å². The number of fused-ring (bicyclic) bond motifs is 1. The fourth-order valence-electron chi connectivity index (χ4n) is 2.28. The van der Waals surface area contributed by atoms with Crippen molar-refractivity contribution in [2.75, 3.05) is 5.32 Å². The Morgan fingerprint density at radius 3 is 2.90 bits per heavy atom. The second-order valence-corrected chi connectivity index (χ2v) is 4.89. The van der Waals surface area contributed by atoms with Crippen LogP contribution in [-0.2, 0) is 0 Å². The maximum atomic E-state index is 6.01. The summed E-state index contributed by atoms with van der Waals surface area (Å²) >= 11 is 0. The number of hydrogen-bond acceptors (Lipinski definition) is 4. The van der Waals surface area contributed by atoms with Crippen LogP contribution in [0.4, 0.5) is 11.5 Å². The summed E-state index contributed by atoms with van der Waals surface area (Å²) in [6.07, 6.45) is 3.57. The van der Waals surface area contributed by atoms with Gasteiger partial charge in [-0.1, -0.05) is 18.2 Å². The molecule has 0 aliphatic carbocycles. The molecule has 0 radical (unpaired) electrons. The van der Waals surface area contributed by atoms with Gasteiger partial charge in [-0.25, -0.2) is 9.50 Å². The fourth-order valence-corrected chi connectivity index (χ4v) is 2.28. The first-order valence-corrected chi connectivity index (χ1v) is 6.57. The number of para-hydroxylation sites is 1. The largest absolute Gasteiger partial charge is 0.338 e. The van der Waals surface area contributed by atoms with Crippen molar-refractivity contribution in [3.05, 3.63) is 54.0 Å². The van der Waals surface area contributed by atoms with Gasteiger partial charge in [0.1, 0.15) is 5.52 Å². The van der Waals surface area contributed by atoms with Crippen LogP contribution in [0.15, 0.2) is 42.7 Å². The van der Waals surface area contributed by atoms with E-state index in [0.29, 0.717) is 0 Å². The Kier molecular flexibility index (Phi) is 3.12. The van der Waals surface area contributed by atoms with Gasteiger partial charge < -0.3 is 11.1 Å². The smallest absolute Gasteiger partial charge is 0.156 e. The molecular formula is C15H17N5. The Labute approximate surface area is 117 Å². The Morgan fingerprint density at radius 2 is 2.10 bits per heavy atom. The molecule has 0 saturated carbocycles. The highest BCUT2D eigenvalue weighted by molar-refractivity contribution is 5.74. The maximum absolute atomic E-state index is 6.01. The molecule has 102 valence electrons. The highest BCUT2D eigenvalue weighted by atomic mass is 15.2. The van der Waals surface area contributed by atoms with Gasteiger partial charge in [-0.05, 0) is 31.5 Å². The number of nitrogens with zero attached hydrogens (tertiary/aromatic N) is 3. The van der Waals surface area contributed by atoms with Gasteiger partial charge >= 0.3 is 0 Å². The quantitative estimate of drug-likeness (QED) is 0.765. The number of nitrogens with one attached hydrogen (secondary N) is 1. The van der Waals surface area contributed by atoms with Crippen LogP contribution in [0.5, 0.6) is 0 Å². The number of rotatable bonds is 3. The van der Waals surface area contributed by atoms with Crippen molar-refractivity contribution in [1.29, 1.82) is 0 Å². The minimum atomic E-state index is -0.0370. The standard InChI is InChI=1S/C15H17N5/c1-10-9-14-15(17-7-8-20(14)19-10)18-13-6-4-3-5-12(13)11(2)16/h3-9,11H,16H2,1-2H3,(H,17,18). The van der Waals surface area contributed by atoms with Crippen molar-refractivity contribution in [1.82, 2.24) is 14.6 Å². The molecule has 0 bridgehead atoms. The summed E-state index contributed by atoms with van der Waals surface area (Å²) in [7, 11) is 0. The first-order valence-electron chi connectivity index (χ1n) is 6.57. The van der Waals surface area contributed by atoms with Crippen LogP contribution >= 0.6 is 0 Å². The molecule has 1 aromatic carbocycles. The summed E-state index contributed by atoms with van der Waals surface area (Å²) in [5.41, 5.74) is 9.95. The summed E-state index contributed by atoms with van der Waals surface area (Å²) in [5.74, 6) is 0.779. The third kappa shape index (κ3) is 2.23. The zero-order valence-electron chi connectivity index (χ0n) is 11.5. The number of aromatic nitrogens is 3. The predicted molar refractivity (Wildman–Crippen MR) is 80.1 cm³/mol. The molecule has 20 heavy (non-hydrogen) atoms. The van der Waals surface area contributed by atoms with Crippen molar-refractivity contribution in [3.8, 4) is 0 Å². The minimum absolute atomic E-state index is 0.0370. The van der Waals surface area contributed by atoms with Crippen LogP contribution < -0.4 is 11.1 Å². The van der Waals surface area contributed by atoms with Crippen LogP contribution in [0, 0.1) is 6.92 Å². The van der Waals surface area contributed by atoms with Crippen molar-refractivity contribution < 1.29 is 0 Å². The van der Waals surface area contributed by atoms with Gasteiger partial charge in [-0.3, -0.25) is 0 Å². The van der Waals surface area contributed by atoms with Gasteiger partial charge in [0.2, 0.25) is 0 Å². The van der Waals surface area contributed by atoms with Crippen LogP contribution in [0.2, 0.25) is 0 Å². The highest BCUT2D eigenvalue weighted by Crippen LogP contribution is 2.26. The molecule has 1 atom stereocenters. The molecule has 0 aliphatic heterocycles. The highest BCUT2D eigenvalue weighted by Gasteiger charge is 2.09. The van der Waals surface area contributed by atoms with E-state index in [0.717, 1.165) is 28.3 Å². The van der Waals surface area contributed by atoms with E-state index < -0.39 is 0 Å². The van der Waals surface area contributed by atoms with Gasteiger partial charge in [0.05, 0.1) is 5.69 Å². The summed E-state index contributed by atoms with van der Waals surface area (Å²) in [6.45, 7) is 3.93. The number of hydrogen-bond donors (Lipinski definition) is 2. The first-order chi connectivity index (χ1) is 9.65. The van der Waals surface area contributed by atoms with E-state index >= 15 is 0 Å². The molecule has 0 saturated heterocycles. The van der Waals surface area contributed by atoms with E-state index in [2.05, 4.69) is 15.4 Å². The molecule has 5 nitrogen and oxygen atoms in total. The predicted octanol–water partition coefficient (Wildman–Crippen LogP) is 2.80. The Morgan fingerprint density at radius 1 is 1.30 bits per heavy atom. The fraction of sp³-hybridized carbons (Fsp3) is 0.200. The van der Waals surface area contributed by atoms with Gasteiger partial charge in [-0.2, -0.15) is 5.10 Å². The summed E-state index contributed by atoms with van der Waals surface area (Å²) in [6, 6.07) is 9.97. The van der Waals surface area contributed by atoms with E-state index in [4.69, 9.17) is 5.73 Å². The lowest BCUT2D eigenvalue weighted by Gasteiger charge is -2.14. The van der Waals surface area contributed by atoms with Crippen molar-refractivity contribution >= 4 is 17.0 Å². The zero-order chi connectivity index (χ0) is 14.1. The Hall–Kier alpha value is -2.40. The van der Waals surface area contributed by atoms with Gasteiger partial charge in [-0.15, -0.1) is 0 Å². The monoisotopic (exact) mass is 267 g/mol. The number of benzene rings is 1. The van der Waals surface area contributed by atoms with Crippen molar-refractivity contribution in [2.45, 2.75) is 19.9 Å². The van der Waals surface area contributed by atoms with E-state index in [1.807, 2.05) is 54.9 Å². The summed E-state index contributed by atoms with van der Waals surface area (Å²) in [5, 5.41) is 7.74. The molecule has 0 amide bonds. The molecule has 5 heteroatoms. The lowest BCUT2D eigenvalue weighted by atomic mass is 10.1. The van der Waals surface area contributed by atoms with E-state index in [1.165, 1.54) is 0 Å². The molecular weight excluding hydrogens is 250 g/mol.